The third kappa shape index (κ3) is 3.46. The highest BCUT2D eigenvalue weighted by atomic mass is 16.5. The summed E-state index contributed by atoms with van der Waals surface area (Å²) < 4.78 is 11.5. The van der Waals surface area contributed by atoms with Crippen LogP contribution in [0.3, 0.4) is 0 Å². The Kier molecular flexibility index (Phi) is 5.16. The average molecular weight is 368 g/mol. The summed E-state index contributed by atoms with van der Waals surface area (Å²) in [6.07, 6.45) is 6.94. The minimum absolute atomic E-state index is 0.308. The van der Waals surface area contributed by atoms with Gasteiger partial charge in [-0.05, 0) is 38.3 Å². The molecule has 2 fully saturated rings. The molecule has 2 saturated carbocycles. The van der Waals surface area contributed by atoms with Crippen LogP contribution >= 0.6 is 0 Å². The molecule has 2 atom stereocenters. The van der Waals surface area contributed by atoms with E-state index in [4.69, 9.17) is 9.15 Å². The highest BCUT2D eigenvalue weighted by molar-refractivity contribution is 5.80. The monoisotopic (exact) mass is 368 g/mol. The van der Waals surface area contributed by atoms with Crippen LogP contribution in [-0.2, 0) is 11.3 Å². The van der Waals surface area contributed by atoms with Crippen molar-refractivity contribution in [3.63, 3.8) is 0 Å². The number of nitrogens with one attached hydrogen (secondary N) is 2. The molecule has 2 aliphatic rings. The van der Waals surface area contributed by atoms with Crippen LogP contribution in [0.5, 0.6) is 0 Å². The minimum atomic E-state index is 0.308. The quantitative estimate of drug-likeness (QED) is 0.604. The Morgan fingerprint density at radius 3 is 2.81 bits per heavy atom. The lowest BCUT2D eigenvalue weighted by molar-refractivity contribution is -0.168. The zero-order valence-corrected chi connectivity index (χ0v) is 16.1. The van der Waals surface area contributed by atoms with Gasteiger partial charge in [-0.15, -0.1) is 0 Å². The second kappa shape index (κ2) is 7.72. The molecule has 0 amide bonds. The molecule has 144 valence electrons. The van der Waals surface area contributed by atoms with Gasteiger partial charge in [-0.25, -0.2) is 4.98 Å². The molecule has 1 aromatic heterocycles. The number of rotatable bonds is 6. The molecular formula is C21H28N4O2. The van der Waals surface area contributed by atoms with Crippen LogP contribution in [-0.4, -0.2) is 36.7 Å². The van der Waals surface area contributed by atoms with Crippen LogP contribution in [0.1, 0.15) is 38.3 Å². The first-order valence-electron chi connectivity index (χ1n) is 9.84. The lowest BCUT2D eigenvalue weighted by Gasteiger charge is -2.61. The fraction of sp³-hybridized carbons (Fsp3) is 0.524. The molecule has 2 aliphatic carbocycles. The van der Waals surface area contributed by atoms with Gasteiger partial charge in [-0.3, -0.25) is 4.99 Å². The number of aromatic nitrogens is 1. The Bertz CT molecular complexity index is 782. The standard InChI is InChI=1S/C21H28N4O2/c1-3-26-18-12-17(21(18)10-7-11-21)25-20(22-2)23-13-16-14-27-19(24-16)15-8-5-4-6-9-15/h4-6,8-9,14,17-18H,3,7,10-13H2,1-2H3,(H2,22,23,25). The lowest BCUT2D eigenvalue weighted by atomic mass is 9.51. The largest absolute Gasteiger partial charge is 0.444 e. The molecule has 0 bridgehead atoms. The number of benzene rings is 1. The van der Waals surface area contributed by atoms with E-state index < -0.39 is 0 Å². The van der Waals surface area contributed by atoms with Gasteiger partial charge >= 0.3 is 0 Å². The molecule has 4 rings (SSSR count). The molecule has 2 unspecified atom stereocenters. The van der Waals surface area contributed by atoms with Gasteiger partial charge in [-0.1, -0.05) is 24.6 Å². The topological polar surface area (TPSA) is 71.7 Å². The van der Waals surface area contributed by atoms with Crippen molar-refractivity contribution < 1.29 is 9.15 Å². The van der Waals surface area contributed by atoms with Gasteiger partial charge in [0.1, 0.15) is 6.26 Å². The van der Waals surface area contributed by atoms with Crippen molar-refractivity contribution >= 4 is 5.96 Å². The molecule has 0 aliphatic heterocycles. The van der Waals surface area contributed by atoms with Crippen LogP contribution in [0.15, 0.2) is 46.0 Å². The molecule has 2 aromatic rings. The predicted molar refractivity (Wildman–Crippen MR) is 105 cm³/mol. The van der Waals surface area contributed by atoms with Gasteiger partial charge < -0.3 is 19.8 Å². The first-order chi connectivity index (χ1) is 13.2. The van der Waals surface area contributed by atoms with E-state index >= 15 is 0 Å². The molecule has 1 heterocycles. The van der Waals surface area contributed by atoms with Crippen LogP contribution in [0, 0.1) is 5.41 Å². The summed E-state index contributed by atoms with van der Waals surface area (Å²) in [6, 6.07) is 10.4. The van der Waals surface area contributed by atoms with E-state index in [2.05, 4.69) is 27.5 Å². The van der Waals surface area contributed by atoms with E-state index in [1.54, 1.807) is 13.3 Å². The molecule has 27 heavy (non-hydrogen) atoms. The summed E-state index contributed by atoms with van der Waals surface area (Å²) >= 11 is 0. The number of nitrogens with zero attached hydrogens (tertiary/aromatic N) is 2. The zero-order valence-electron chi connectivity index (χ0n) is 16.1. The predicted octanol–water partition coefficient (Wildman–Crippen LogP) is 3.35. The minimum Gasteiger partial charge on any atom is -0.444 e. The van der Waals surface area contributed by atoms with Gasteiger partial charge in [-0.2, -0.15) is 0 Å². The van der Waals surface area contributed by atoms with Gasteiger partial charge in [0, 0.05) is 30.7 Å². The number of ether oxygens (including phenoxy) is 1. The highest BCUT2D eigenvalue weighted by Crippen LogP contribution is 2.57. The molecule has 0 radical (unpaired) electrons. The molecule has 1 aromatic carbocycles. The number of aliphatic imine (C=N–C) groups is 1. The van der Waals surface area contributed by atoms with Gasteiger partial charge in [0.2, 0.25) is 5.89 Å². The normalized spacial score (nSPS) is 23.6. The Morgan fingerprint density at radius 1 is 1.33 bits per heavy atom. The Labute approximate surface area is 160 Å². The van der Waals surface area contributed by atoms with Crippen molar-refractivity contribution in [1.82, 2.24) is 15.6 Å². The van der Waals surface area contributed by atoms with E-state index in [9.17, 15) is 0 Å². The van der Waals surface area contributed by atoms with Gasteiger partial charge in [0.25, 0.3) is 0 Å². The molecular weight excluding hydrogens is 340 g/mol. The fourth-order valence-corrected chi connectivity index (χ4v) is 4.28. The molecule has 1 spiro atoms. The molecule has 6 heteroatoms. The van der Waals surface area contributed by atoms with Crippen molar-refractivity contribution in [3.05, 3.63) is 42.3 Å². The maximum Gasteiger partial charge on any atom is 0.226 e. The number of hydrogen-bond acceptors (Lipinski definition) is 4. The van der Waals surface area contributed by atoms with E-state index in [1.165, 1.54) is 19.3 Å². The van der Waals surface area contributed by atoms with Crippen molar-refractivity contribution in [3.8, 4) is 11.5 Å². The van der Waals surface area contributed by atoms with Crippen molar-refractivity contribution in [2.75, 3.05) is 13.7 Å². The zero-order chi connectivity index (χ0) is 18.7. The lowest BCUT2D eigenvalue weighted by Crippen LogP contribution is -2.68. The van der Waals surface area contributed by atoms with Crippen molar-refractivity contribution in [2.24, 2.45) is 10.4 Å². The van der Waals surface area contributed by atoms with E-state index in [0.29, 0.717) is 30.0 Å². The van der Waals surface area contributed by atoms with Crippen LogP contribution in [0.2, 0.25) is 0 Å². The smallest absolute Gasteiger partial charge is 0.226 e. The van der Waals surface area contributed by atoms with Crippen molar-refractivity contribution in [2.45, 2.75) is 51.3 Å². The summed E-state index contributed by atoms with van der Waals surface area (Å²) in [5.74, 6) is 1.45. The number of hydrogen-bond donors (Lipinski definition) is 2. The summed E-state index contributed by atoms with van der Waals surface area (Å²) in [4.78, 5) is 8.94. The number of guanidine groups is 1. The first-order valence-corrected chi connectivity index (χ1v) is 9.84. The summed E-state index contributed by atoms with van der Waals surface area (Å²) in [5, 5.41) is 6.95. The maximum atomic E-state index is 5.93. The van der Waals surface area contributed by atoms with E-state index in [1.807, 2.05) is 30.3 Å². The Hall–Kier alpha value is -2.34. The maximum absolute atomic E-state index is 5.93. The fourth-order valence-electron chi connectivity index (χ4n) is 4.28. The second-order valence-corrected chi connectivity index (χ2v) is 7.40. The average Bonchev–Trinajstić information content (AvgIpc) is 3.12. The second-order valence-electron chi connectivity index (χ2n) is 7.40. The molecule has 6 nitrogen and oxygen atoms in total. The molecule has 0 saturated heterocycles. The van der Waals surface area contributed by atoms with Crippen LogP contribution in [0.4, 0.5) is 0 Å². The van der Waals surface area contributed by atoms with Gasteiger partial charge in [0.15, 0.2) is 5.96 Å². The molecule has 2 N–H and O–H groups in total. The first kappa shape index (κ1) is 18.0. The van der Waals surface area contributed by atoms with Crippen molar-refractivity contribution in [1.29, 1.82) is 0 Å². The summed E-state index contributed by atoms with van der Waals surface area (Å²) in [7, 11) is 1.81. The summed E-state index contributed by atoms with van der Waals surface area (Å²) in [5.41, 5.74) is 2.15. The van der Waals surface area contributed by atoms with E-state index in [0.717, 1.165) is 30.2 Å². The van der Waals surface area contributed by atoms with Crippen LogP contribution in [0.25, 0.3) is 11.5 Å². The summed E-state index contributed by atoms with van der Waals surface area (Å²) in [6.45, 7) is 3.45. The third-order valence-corrected chi connectivity index (χ3v) is 5.98. The SMILES string of the molecule is CCOC1CC(NC(=NC)NCc2coc(-c3ccccc3)n2)C12CCC2. The van der Waals surface area contributed by atoms with Crippen LogP contribution < -0.4 is 10.6 Å². The third-order valence-electron chi connectivity index (χ3n) is 5.98. The Balaban J connectivity index is 1.32. The van der Waals surface area contributed by atoms with E-state index in [-0.39, 0.29) is 0 Å². The Morgan fingerprint density at radius 2 is 2.15 bits per heavy atom. The number of oxazole rings is 1. The highest BCUT2D eigenvalue weighted by Gasteiger charge is 2.59. The van der Waals surface area contributed by atoms with Gasteiger partial charge in [0.05, 0.1) is 18.3 Å².